The van der Waals surface area contributed by atoms with E-state index in [0.29, 0.717) is 11.3 Å². The lowest BCUT2D eigenvalue weighted by atomic mass is 9.88. The molecule has 0 spiro atoms. The van der Waals surface area contributed by atoms with Crippen LogP contribution < -0.4 is 10.7 Å². The summed E-state index contributed by atoms with van der Waals surface area (Å²) in [5.74, 6) is -0.546. The Morgan fingerprint density at radius 3 is 2.69 bits per heavy atom. The fraction of sp³-hybridized carbons (Fsp3) is 0.500. The van der Waals surface area contributed by atoms with Crippen LogP contribution in [0.25, 0.3) is 0 Å². The second-order valence-electron chi connectivity index (χ2n) is 6.95. The standard InChI is InChI=1S/C18H22N4O4/c1-11-9-16(23)20-21-17(11)13-7-8-14(15(10-13)22(25)26)19-18(24)12-5-3-2-4-6-12/h7-8,10-12H,2-6,9H2,1H3,(H,19,24)(H,20,23). The molecule has 1 aromatic rings. The first-order valence-corrected chi connectivity index (χ1v) is 8.92. The molecule has 0 aromatic heterocycles. The van der Waals surface area contributed by atoms with E-state index in [1.54, 1.807) is 12.1 Å². The quantitative estimate of drug-likeness (QED) is 0.636. The zero-order valence-electron chi connectivity index (χ0n) is 14.7. The zero-order chi connectivity index (χ0) is 18.7. The van der Waals surface area contributed by atoms with Crippen LogP contribution in [0.5, 0.6) is 0 Å². The molecule has 1 fully saturated rings. The van der Waals surface area contributed by atoms with Gasteiger partial charge in [0.1, 0.15) is 5.69 Å². The van der Waals surface area contributed by atoms with Gasteiger partial charge in [0.15, 0.2) is 0 Å². The number of carbonyl (C=O) groups excluding carboxylic acids is 2. The molecule has 0 saturated heterocycles. The van der Waals surface area contributed by atoms with Crippen molar-refractivity contribution in [2.45, 2.75) is 45.4 Å². The third-order valence-electron chi connectivity index (χ3n) is 4.98. The minimum absolute atomic E-state index is 0.0824. The van der Waals surface area contributed by atoms with Gasteiger partial charge in [0.25, 0.3) is 5.69 Å². The molecule has 1 unspecified atom stereocenters. The number of rotatable bonds is 4. The minimum Gasteiger partial charge on any atom is -0.320 e. The second-order valence-corrected chi connectivity index (χ2v) is 6.95. The highest BCUT2D eigenvalue weighted by Crippen LogP contribution is 2.30. The van der Waals surface area contributed by atoms with Crippen LogP contribution in [0.2, 0.25) is 0 Å². The van der Waals surface area contributed by atoms with Crippen molar-refractivity contribution in [3.8, 4) is 0 Å². The van der Waals surface area contributed by atoms with Crippen LogP contribution in [0.4, 0.5) is 11.4 Å². The first-order chi connectivity index (χ1) is 12.5. The summed E-state index contributed by atoms with van der Waals surface area (Å²) in [6.45, 7) is 1.85. The minimum atomic E-state index is -0.507. The number of hydrazone groups is 1. The molecule has 8 heteroatoms. The van der Waals surface area contributed by atoms with Gasteiger partial charge in [0.2, 0.25) is 11.8 Å². The van der Waals surface area contributed by atoms with Crippen molar-refractivity contribution >= 4 is 28.9 Å². The number of nitro groups is 1. The summed E-state index contributed by atoms with van der Waals surface area (Å²) < 4.78 is 0. The summed E-state index contributed by atoms with van der Waals surface area (Å²) in [6.07, 6.45) is 5.10. The summed E-state index contributed by atoms with van der Waals surface area (Å²) in [5.41, 5.74) is 3.60. The molecule has 1 saturated carbocycles. The number of nitrogens with zero attached hydrogens (tertiary/aromatic N) is 2. The first-order valence-electron chi connectivity index (χ1n) is 8.92. The van der Waals surface area contributed by atoms with Gasteiger partial charge in [-0.25, -0.2) is 5.43 Å². The summed E-state index contributed by atoms with van der Waals surface area (Å²) in [4.78, 5) is 34.8. The number of amides is 2. The zero-order valence-corrected chi connectivity index (χ0v) is 14.7. The van der Waals surface area contributed by atoms with Gasteiger partial charge in [-0.15, -0.1) is 0 Å². The molecular formula is C18H22N4O4. The van der Waals surface area contributed by atoms with E-state index in [4.69, 9.17) is 0 Å². The molecular weight excluding hydrogens is 336 g/mol. The molecule has 2 N–H and O–H groups in total. The maximum Gasteiger partial charge on any atom is 0.293 e. The van der Waals surface area contributed by atoms with Crippen LogP contribution >= 0.6 is 0 Å². The molecule has 2 aliphatic rings. The van der Waals surface area contributed by atoms with Gasteiger partial charge in [-0.1, -0.05) is 32.3 Å². The lowest BCUT2D eigenvalue weighted by Gasteiger charge is -2.21. The highest BCUT2D eigenvalue weighted by atomic mass is 16.6. The molecule has 138 valence electrons. The van der Waals surface area contributed by atoms with Crippen molar-refractivity contribution in [1.82, 2.24) is 5.43 Å². The van der Waals surface area contributed by atoms with Gasteiger partial charge in [-0.3, -0.25) is 19.7 Å². The molecule has 2 amide bonds. The van der Waals surface area contributed by atoms with Crippen LogP contribution in [0.3, 0.4) is 0 Å². The van der Waals surface area contributed by atoms with E-state index in [-0.39, 0.29) is 41.4 Å². The molecule has 1 aliphatic heterocycles. The van der Waals surface area contributed by atoms with Crippen molar-refractivity contribution in [3.05, 3.63) is 33.9 Å². The lowest BCUT2D eigenvalue weighted by molar-refractivity contribution is -0.383. The monoisotopic (exact) mass is 358 g/mol. The Hall–Kier alpha value is -2.77. The van der Waals surface area contributed by atoms with Crippen molar-refractivity contribution in [2.24, 2.45) is 16.9 Å². The van der Waals surface area contributed by atoms with E-state index < -0.39 is 4.92 Å². The van der Waals surface area contributed by atoms with Crippen molar-refractivity contribution in [1.29, 1.82) is 0 Å². The van der Waals surface area contributed by atoms with Gasteiger partial charge in [-0.2, -0.15) is 5.10 Å². The number of hydrogen-bond acceptors (Lipinski definition) is 5. The summed E-state index contributed by atoms with van der Waals surface area (Å²) in [7, 11) is 0. The average Bonchev–Trinajstić information content (AvgIpc) is 2.63. The third-order valence-corrected chi connectivity index (χ3v) is 4.98. The Morgan fingerprint density at radius 2 is 2.04 bits per heavy atom. The van der Waals surface area contributed by atoms with Crippen molar-refractivity contribution in [3.63, 3.8) is 0 Å². The van der Waals surface area contributed by atoms with Gasteiger partial charge in [0.05, 0.1) is 10.6 Å². The van der Waals surface area contributed by atoms with Crippen LogP contribution in [-0.2, 0) is 9.59 Å². The Morgan fingerprint density at radius 1 is 1.31 bits per heavy atom. The number of hydrogen-bond donors (Lipinski definition) is 2. The predicted octanol–water partition coefficient (Wildman–Crippen LogP) is 2.97. The maximum absolute atomic E-state index is 12.4. The normalized spacial score (nSPS) is 20.9. The maximum atomic E-state index is 12.4. The van der Waals surface area contributed by atoms with Gasteiger partial charge >= 0.3 is 0 Å². The van der Waals surface area contributed by atoms with E-state index in [9.17, 15) is 19.7 Å². The van der Waals surface area contributed by atoms with E-state index in [2.05, 4.69) is 15.8 Å². The molecule has 8 nitrogen and oxygen atoms in total. The Kier molecular flexibility index (Phi) is 5.29. The number of nitro benzene ring substituents is 1. The van der Waals surface area contributed by atoms with Crippen LogP contribution in [-0.4, -0.2) is 22.4 Å². The number of anilines is 1. The van der Waals surface area contributed by atoms with Crippen molar-refractivity contribution in [2.75, 3.05) is 5.32 Å². The molecule has 1 atom stereocenters. The SMILES string of the molecule is CC1CC(=O)NN=C1c1ccc(NC(=O)C2CCCCC2)c([N+](=O)[O-])c1. The largest absolute Gasteiger partial charge is 0.320 e. The van der Waals surface area contributed by atoms with Crippen molar-refractivity contribution < 1.29 is 14.5 Å². The van der Waals surface area contributed by atoms with Crippen LogP contribution in [0, 0.1) is 22.0 Å². The number of nitrogens with one attached hydrogen (secondary N) is 2. The topological polar surface area (TPSA) is 114 Å². The van der Waals surface area contributed by atoms with Gasteiger partial charge in [-0.05, 0) is 18.9 Å². The van der Waals surface area contributed by atoms with E-state index in [0.717, 1.165) is 32.1 Å². The molecule has 1 aliphatic carbocycles. The van der Waals surface area contributed by atoms with Gasteiger partial charge in [0, 0.05) is 29.9 Å². The van der Waals surface area contributed by atoms with Gasteiger partial charge < -0.3 is 5.32 Å². The summed E-state index contributed by atoms with van der Waals surface area (Å²) in [6, 6.07) is 4.64. The fourth-order valence-corrected chi connectivity index (χ4v) is 3.55. The predicted molar refractivity (Wildman–Crippen MR) is 96.8 cm³/mol. The van der Waals surface area contributed by atoms with Crippen LogP contribution in [0.15, 0.2) is 23.3 Å². The first kappa shape index (κ1) is 18.0. The number of carbonyl (C=O) groups is 2. The molecule has 1 heterocycles. The smallest absolute Gasteiger partial charge is 0.293 e. The van der Waals surface area contributed by atoms with Crippen LogP contribution in [0.1, 0.15) is 51.0 Å². The molecule has 0 radical (unpaired) electrons. The van der Waals surface area contributed by atoms with E-state index in [1.807, 2.05) is 6.92 Å². The highest BCUT2D eigenvalue weighted by molar-refractivity contribution is 6.07. The van der Waals surface area contributed by atoms with E-state index >= 15 is 0 Å². The highest BCUT2D eigenvalue weighted by Gasteiger charge is 2.26. The molecule has 0 bridgehead atoms. The van der Waals surface area contributed by atoms with E-state index in [1.165, 1.54) is 6.07 Å². The molecule has 26 heavy (non-hydrogen) atoms. The average molecular weight is 358 g/mol. The Labute approximate surface area is 151 Å². The Bertz CT molecular complexity index is 768. The molecule has 3 rings (SSSR count). The number of benzene rings is 1. The summed E-state index contributed by atoms with van der Waals surface area (Å²) in [5, 5.41) is 18.2. The third kappa shape index (κ3) is 3.89. The second kappa shape index (κ2) is 7.63. The Balaban J connectivity index is 1.84. The molecule has 1 aromatic carbocycles. The lowest BCUT2D eigenvalue weighted by Crippen LogP contribution is -2.32. The fourth-order valence-electron chi connectivity index (χ4n) is 3.55. The summed E-state index contributed by atoms with van der Waals surface area (Å²) >= 11 is 0.